The van der Waals surface area contributed by atoms with Crippen LogP contribution in [-0.2, 0) is 18.3 Å². The molecule has 5 nitrogen and oxygen atoms in total. The summed E-state index contributed by atoms with van der Waals surface area (Å²) in [6.45, 7) is 12.0. The van der Waals surface area contributed by atoms with Gasteiger partial charge in [0, 0.05) is 18.8 Å². The van der Waals surface area contributed by atoms with E-state index in [4.69, 9.17) is 5.73 Å². The topological polar surface area (TPSA) is 72.9 Å². The predicted octanol–water partition coefficient (Wildman–Crippen LogP) is 1.88. The highest BCUT2D eigenvalue weighted by atomic mass is 35.5. The fourth-order valence-electron chi connectivity index (χ4n) is 2.20. The molecule has 0 aliphatic heterocycles. The Morgan fingerprint density at radius 1 is 1.38 bits per heavy atom. The largest absolute Gasteiger partial charge is 0.352 e. The number of rotatable bonds is 4. The number of amides is 1. The number of hydrogen-bond acceptors (Lipinski definition) is 3. The first-order chi connectivity index (χ1) is 9.04. The summed E-state index contributed by atoms with van der Waals surface area (Å²) in [7, 11) is 1.94. The average molecular weight is 317 g/mol. The molecular formula is C15H29ClN4O. The van der Waals surface area contributed by atoms with E-state index in [2.05, 4.69) is 10.4 Å². The van der Waals surface area contributed by atoms with E-state index in [1.165, 1.54) is 5.56 Å². The molecule has 0 saturated carbocycles. The first-order valence-electron chi connectivity index (χ1n) is 7.09. The summed E-state index contributed by atoms with van der Waals surface area (Å²) in [5.41, 5.74) is 9.10. The third kappa shape index (κ3) is 5.00. The molecule has 6 heteroatoms. The normalized spacial score (nSPS) is 14.3. The van der Waals surface area contributed by atoms with Crippen molar-refractivity contribution in [3.05, 3.63) is 17.0 Å². The molecule has 0 spiro atoms. The van der Waals surface area contributed by atoms with Crippen LogP contribution in [0.25, 0.3) is 0 Å². The van der Waals surface area contributed by atoms with Crippen molar-refractivity contribution in [3.8, 4) is 0 Å². The Morgan fingerprint density at radius 3 is 2.29 bits per heavy atom. The molecule has 122 valence electrons. The van der Waals surface area contributed by atoms with E-state index in [1.54, 1.807) is 0 Å². The van der Waals surface area contributed by atoms with E-state index in [1.807, 2.05) is 53.3 Å². The van der Waals surface area contributed by atoms with Crippen LogP contribution in [0.2, 0.25) is 0 Å². The summed E-state index contributed by atoms with van der Waals surface area (Å²) in [6, 6.07) is -0.460. The fourth-order valence-corrected chi connectivity index (χ4v) is 2.20. The van der Waals surface area contributed by atoms with Crippen LogP contribution in [0.1, 0.15) is 44.6 Å². The first-order valence-corrected chi connectivity index (χ1v) is 7.09. The maximum absolute atomic E-state index is 12.1. The molecule has 1 aromatic heterocycles. The summed E-state index contributed by atoms with van der Waals surface area (Å²) in [5, 5.41) is 7.39. The van der Waals surface area contributed by atoms with Crippen LogP contribution < -0.4 is 11.1 Å². The zero-order valence-corrected chi connectivity index (χ0v) is 15.0. The van der Waals surface area contributed by atoms with Gasteiger partial charge >= 0.3 is 0 Å². The van der Waals surface area contributed by atoms with Gasteiger partial charge < -0.3 is 11.1 Å². The number of carbonyl (C=O) groups is 1. The molecule has 2 atom stereocenters. The SMILES string of the molecule is Cc1nn(C)c(C)c1CC(C)NC(=O)[C@@H](N)C(C)(C)C.Cl. The average Bonchev–Trinajstić information content (AvgIpc) is 2.53. The number of nitrogens with zero attached hydrogens (tertiary/aromatic N) is 2. The molecule has 1 unspecified atom stereocenters. The van der Waals surface area contributed by atoms with Gasteiger partial charge in [-0.3, -0.25) is 9.48 Å². The monoisotopic (exact) mass is 316 g/mol. The van der Waals surface area contributed by atoms with Gasteiger partial charge in [0.15, 0.2) is 0 Å². The number of nitrogens with one attached hydrogen (secondary N) is 1. The van der Waals surface area contributed by atoms with Crippen LogP contribution >= 0.6 is 12.4 Å². The molecule has 21 heavy (non-hydrogen) atoms. The van der Waals surface area contributed by atoms with Crippen molar-refractivity contribution in [2.24, 2.45) is 18.2 Å². The van der Waals surface area contributed by atoms with Crippen molar-refractivity contribution in [1.82, 2.24) is 15.1 Å². The van der Waals surface area contributed by atoms with Gasteiger partial charge in [-0.05, 0) is 38.2 Å². The first kappa shape index (κ1) is 19.9. The molecule has 3 N–H and O–H groups in total. The van der Waals surface area contributed by atoms with Crippen molar-refractivity contribution >= 4 is 18.3 Å². The minimum Gasteiger partial charge on any atom is -0.352 e. The second kappa shape index (κ2) is 7.27. The van der Waals surface area contributed by atoms with Gasteiger partial charge in [-0.1, -0.05) is 20.8 Å². The quantitative estimate of drug-likeness (QED) is 0.890. The van der Waals surface area contributed by atoms with Gasteiger partial charge in [-0.25, -0.2) is 0 Å². The van der Waals surface area contributed by atoms with Crippen LogP contribution in [-0.4, -0.2) is 27.8 Å². The van der Waals surface area contributed by atoms with Gasteiger partial charge in [-0.15, -0.1) is 12.4 Å². The smallest absolute Gasteiger partial charge is 0.237 e. The highest BCUT2D eigenvalue weighted by molar-refractivity contribution is 5.85. The van der Waals surface area contributed by atoms with E-state index in [0.29, 0.717) is 0 Å². The molecule has 1 amide bonds. The standard InChI is InChI=1S/C15H28N4O.ClH/c1-9(17-14(20)13(16)15(4,5)6)8-12-10(2)18-19(7)11(12)3;/h9,13H,8,16H2,1-7H3,(H,17,20);1H/t9?,13-;/m1./s1. The fraction of sp³-hybridized carbons (Fsp3) is 0.733. The van der Waals surface area contributed by atoms with Crippen LogP contribution in [0.4, 0.5) is 0 Å². The predicted molar refractivity (Wildman–Crippen MR) is 88.7 cm³/mol. The Labute approximate surface area is 134 Å². The zero-order chi connectivity index (χ0) is 15.7. The van der Waals surface area contributed by atoms with Crippen LogP contribution in [0.15, 0.2) is 0 Å². The summed E-state index contributed by atoms with van der Waals surface area (Å²) in [4.78, 5) is 12.1. The summed E-state index contributed by atoms with van der Waals surface area (Å²) in [6.07, 6.45) is 0.772. The summed E-state index contributed by atoms with van der Waals surface area (Å²) >= 11 is 0. The van der Waals surface area contributed by atoms with E-state index in [0.717, 1.165) is 17.8 Å². The Morgan fingerprint density at radius 2 is 1.90 bits per heavy atom. The van der Waals surface area contributed by atoms with E-state index < -0.39 is 6.04 Å². The van der Waals surface area contributed by atoms with Crippen molar-refractivity contribution in [3.63, 3.8) is 0 Å². The molecule has 0 bridgehead atoms. The zero-order valence-electron chi connectivity index (χ0n) is 14.2. The van der Waals surface area contributed by atoms with Crippen molar-refractivity contribution < 1.29 is 4.79 Å². The Bertz CT molecular complexity index is 491. The highest BCUT2D eigenvalue weighted by Gasteiger charge is 2.28. The minimum absolute atomic E-state index is 0. The van der Waals surface area contributed by atoms with Gasteiger partial charge in [-0.2, -0.15) is 5.10 Å². The van der Waals surface area contributed by atoms with E-state index in [-0.39, 0.29) is 29.8 Å². The molecule has 0 aliphatic carbocycles. The summed E-state index contributed by atoms with van der Waals surface area (Å²) in [5.74, 6) is -0.0933. The summed E-state index contributed by atoms with van der Waals surface area (Å²) < 4.78 is 1.88. The second-order valence-electron chi connectivity index (χ2n) is 6.73. The van der Waals surface area contributed by atoms with Crippen molar-refractivity contribution in [1.29, 1.82) is 0 Å². The van der Waals surface area contributed by atoms with Crippen LogP contribution in [0.3, 0.4) is 0 Å². The molecule has 0 fully saturated rings. The van der Waals surface area contributed by atoms with Crippen LogP contribution in [0.5, 0.6) is 0 Å². The third-order valence-corrected chi connectivity index (χ3v) is 3.77. The van der Waals surface area contributed by atoms with Crippen molar-refractivity contribution in [2.75, 3.05) is 0 Å². The lowest BCUT2D eigenvalue weighted by atomic mass is 9.86. The minimum atomic E-state index is -0.499. The third-order valence-electron chi connectivity index (χ3n) is 3.77. The van der Waals surface area contributed by atoms with Crippen LogP contribution in [0, 0.1) is 19.3 Å². The van der Waals surface area contributed by atoms with Gasteiger partial charge in [0.05, 0.1) is 11.7 Å². The van der Waals surface area contributed by atoms with Gasteiger partial charge in [0.1, 0.15) is 0 Å². The lowest BCUT2D eigenvalue weighted by Gasteiger charge is -2.27. The number of aromatic nitrogens is 2. The number of carbonyl (C=O) groups excluding carboxylic acids is 1. The molecule has 0 radical (unpaired) electrons. The molecule has 1 rings (SSSR count). The van der Waals surface area contributed by atoms with Crippen molar-refractivity contribution in [2.45, 2.75) is 60.0 Å². The Hall–Kier alpha value is -1.07. The number of nitrogens with two attached hydrogens (primary N) is 1. The molecule has 0 aromatic carbocycles. The van der Waals surface area contributed by atoms with E-state index in [9.17, 15) is 4.79 Å². The van der Waals surface area contributed by atoms with Gasteiger partial charge in [0.25, 0.3) is 0 Å². The number of halogens is 1. The maximum Gasteiger partial charge on any atom is 0.237 e. The van der Waals surface area contributed by atoms with E-state index >= 15 is 0 Å². The second-order valence-corrected chi connectivity index (χ2v) is 6.73. The maximum atomic E-state index is 12.1. The Kier molecular flexibility index (Phi) is 6.90. The molecule has 1 heterocycles. The Balaban J connectivity index is 0.00000400. The highest BCUT2D eigenvalue weighted by Crippen LogP contribution is 2.18. The molecule has 1 aromatic rings. The lowest BCUT2D eigenvalue weighted by Crippen LogP contribution is -2.51. The number of aryl methyl sites for hydroxylation is 2. The van der Waals surface area contributed by atoms with Gasteiger partial charge in [0.2, 0.25) is 5.91 Å². The molecule has 0 saturated heterocycles. The number of hydrogen-bond donors (Lipinski definition) is 2. The molecule has 0 aliphatic rings. The molecular weight excluding hydrogens is 288 g/mol. The lowest BCUT2D eigenvalue weighted by molar-refractivity contribution is -0.125.